The highest BCUT2D eigenvalue weighted by molar-refractivity contribution is 5.88. The molecule has 0 unspecified atom stereocenters. The fourth-order valence-electron chi connectivity index (χ4n) is 3.57. The number of amides is 1. The lowest BCUT2D eigenvalue weighted by molar-refractivity contribution is -0.135. The summed E-state index contributed by atoms with van der Waals surface area (Å²) in [6, 6.07) is 10.1. The van der Waals surface area contributed by atoms with Crippen molar-refractivity contribution in [2.45, 2.75) is 32.9 Å². The van der Waals surface area contributed by atoms with Gasteiger partial charge in [0, 0.05) is 25.3 Å². The second kappa shape index (κ2) is 7.79. The lowest BCUT2D eigenvalue weighted by Gasteiger charge is -2.51. The maximum atomic E-state index is 12.7. The lowest BCUT2D eigenvalue weighted by Crippen LogP contribution is -2.70. The van der Waals surface area contributed by atoms with Crippen LogP contribution in [0.25, 0.3) is 0 Å². The number of hydrogen-bond donors (Lipinski definition) is 1. The summed E-state index contributed by atoms with van der Waals surface area (Å²) in [6.45, 7) is 9.79. The Morgan fingerprint density at radius 1 is 1.30 bits per heavy atom. The van der Waals surface area contributed by atoms with Crippen molar-refractivity contribution in [1.82, 2.24) is 4.90 Å². The van der Waals surface area contributed by atoms with Crippen molar-refractivity contribution in [3.05, 3.63) is 30.3 Å². The van der Waals surface area contributed by atoms with E-state index in [9.17, 15) is 4.79 Å². The molecule has 0 radical (unpaired) electrons. The summed E-state index contributed by atoms with van der Waals surface area (Å²) >= 11 is 0. The Bertz CT molecular complexity index is 500. The Morgan fingerprint density at radius 3 is 2.39 bits per heavy atom. The van der Waals surface area contributed by atoms with Crippen LogP contribution in [0, 0.1) is 5.92 Å². The largest absolute Gasteiger partial charge is 0.379 e. The van der Waals surface area contributed by atoms with Gasteiger partial charge in [0.2, 0.25) is 0 Å². The third-order valence-corrected chi connectivity index (χ3v) is 4.45. The highest BCUT2D eigenvalue weighted by Gasteiger charge is 2.48. The van der Waals surface area contributed by atoms with Crippen molar-refractivity contribution in [2.75, 3.05) is 37.7 Å². The van der Waals surface area contributed by atoms with E-state index in [-0.39, 0.29) is 5.91 Å². The van der Waals surface area contributed by atoms with Crippen LogP contribution >= 0.6 is 0 Å². The maximum Gasteiger partial charge on any atom is 0.258 e. The number of morpholine rings is 1. The Labute approximate surface area is 139 Å². The number of anilines is 1. The minimum Gasteiger partial charge on any atom is -0.379 e. The minimum atomic E-state index is -0.811. The SMILES string of the molecule is CCN(c1ccccc1)[C@@](CC(C)C)(C(N)=O)N1CCOCC1. The van der Waals surface area contributed by atoms with Gasteiger partial charge in [0.1, 0.15) is 0 Å². The molecule has 23 heavy (non-hydrogen) atoms. The van der Waals surface area contributed by atoms with E-state index in [0.717, 1.165) is 25.3 Å². The normalized spacial score (nSPS) is 18.6. The number of hydrogen-bond acceptors (Lipinski definition) is 4. The molecule has 1 aliphatic heterocycles. The van der Waals surface area contributed by atoms with Gasteiger partial charge >= 0.3 is 0 Å². The van der Waals surface area contributed by atoms with Crippen LogP contribution in [0.3, 0.4) is 0 Å². The van der Waals surface area contributed by atoms with E-state index in [2.05, 4.69) is 30.6 Å². The first-order chi connectivity index (χ1) is 11.0. The number of ether oxygens (including phenoxy) is 1. The molecule has 5 nitrogen and oxygen atoms in total. The molecule has 2 rings (SSSR count). The van der Waals surface area contributed by atoms with Crippen molar-refractivity contribution in [3.8, 4) is 0 Å². The summed E-state index contributed by atoms with van der Waals surface area (Å²) in [7, 11) is 0. The van der Waals surface area contributed by atoms with Crippen LogP contribution in [0.15, 0.2) is 30.3 Å². The summed E-state index contributed by atoms with van der Waals surface area (Å²) in [5.41, 5.74) is 6.22. The van der Waals surface area contributed by atoms with E-state index in [1.807, 2.05) is 30.3 Å². The van der Waals surface area contributed by atoms with E-state index in [4.69, 9.17) is 10.5 Å². The molecular formula is C18H29N3O2. The van der Waals surface area contributed by atoms with Crippen molar-refractivity contribution in [3.63, 3.8) is 0 Å². The second-order valence-corrected chi connectivity index (χ2v) is 6.46. The van der Waals surface area contributed by atoms with Gasteiger partial charge in [-0.25, -0.2) is 0 Å². The minimum absolute atomic E-state index is 0.279. The van der Waals surface area contributed by atoms with E-state index in [1.165, 1.54) is 0 Å². The molecule has 5 heteroatoms. The smallest absolute Gasteiger partial charge is 0.258 e. The van der Waals surface area contributed by atoms with Gasteiger partial charge in [-0.3, -0.25) is 9.69 Å². The van der Waals surface area contributed by atoms with Gasteiger partial charge < -0.3 is 15.4 Å². The number of carbonyl (C=O) groups is 1. The van der Waals surface area contributed by atoms with Gasteiger partial charge in [0.15, 0.2) is 5.66 Å². The van der Waals surface area contributed by atoms with E-state index < -0.39 is 5.66 Å². The topological polar surface area (TPSA) is 58.8 Å². The molecule has 0 bridgehead atoms. The van der Waals surface area contributed by atoms with Crippen molar-refractivity contribution in [2.24, 2.45) is 11.7 Å². The molecule has 0 saturated carbocycles. The molecule has 1 fully saturated rings. The molecule has 1 aromatic rings. The number of carbonyl (C=O) groups excluding carboxylic acids is 1. The van der Waals surface area contributed by atoms with Crippen LogP contribution < -0.4 is 10.6 Å². The van der Waals surface area contributed by atoms with Gasteiger partial charge in [0.05, 0.1) is 13.2 Å². The molecule has 128 valence electrons. The van der Waals surface area contributed by atoms with Crippen molar-refractivity contribution < 1.29 is 9.53 Å². The Kier molecular flexibility index (Phi) is 6.02. The van der Waals surface area contributed by atoms with Crippen molar-refractivity contribution in [1.29, 1.82) is 0 Å². The number of primary amides is 1. The van der Waals surface area contributed by atoms with Gasteiger partial charge in [-0.15, -0.1) is 0 Å². The fourth-order valence-corrected chi connectivity index (χ4v) is 3.57. The number of para-hydroxylation sites is 1. The quantitative estimate of drug-likeness (QED) is 0.836. The number of benzene rings is 1. The first-order valence-electron chi connectivity index (χ1n) is 8.47. The van der Waals surface area contributed by atoms with Crippen LogP contribution in [0.2, 0.25) is 0 Å². The monoisotopic (exact) mass is 319 g/mol. The van der Waals surface area contributed by atoms with E-state index in [0.29, 0.717) is 25.6 Å². The lowest BCUT2D eigenvalue weighted by atomic mass is 9.91. The molecule has 1 aromatic carbocycles. The standard InChI is InChI=1S/C18H29N3O2/c1-4-21(16-8-6-5-7-9-16)18(17(19)22,14-15(2)3)20-10-12-23-13-11-20/h5-9,15H,4,10-14H2,1-3H3,(H2,19,22)/t18-/m0/s1. The van der Waals surface area contributed by atoms with Gasteiger partial charge in [0.25, 0.3) is 5.91 Å². The number of nitrogens with zero attached hydrogens (tertiary/aromatic N) is 2. The van der Waals surface area contributed by atoms with Crippen LogP contribution in [0.5, 0.6) is 0 Å². The predicted octanol–water partition coefficient (Wildman–Crippen LogP) is 2.07. The summed E-state index contributed by atoms with van der Waals surface area (Å²) < 4.78 is 5.49. The molecule has 1 amide bonds. The molecule has 1 saturated heterocycles. The number of rotatable bonds is 7. The highest BCUT2D eigenvalue weighted by atomic mass is 16.5. The zero-order chi connectivity index (χ0) is 16.9. The zero-order valence-corrected chi connectivity index (χ0v) is 14.5. The second-order valence-electron chi connectivity index (χ2n) is 6.46. The van der Waals surface area contributed by atoms with Crippen LogP contribution in [-0.2, 0) is 9.53 Å². The fraction of sp³-hybridized carbons (Fsp3) is 0.611. The Balaban J connectivity index is 2.50. The predicted molar refractivity (Wildman–Crippen MR) is 93.2 cm³/mol. The average Bonchev–Trinajstić information content (AvgIpc) is 2.55. The van der Waals surface area contributed by atoms with Gasteiger partial charge in [-0.05, 0) is 31.4 Å². The molecule has 2 N–H and O–H groups in total. The molecule has 1 heterocycles. The van der Waals surface area contributed by atoms with Crippen LogP contribution in [-0.4, -0.2) is 49.3 Å². The van der Waals surface area contributed by atoms with Crippen LogP contribution in [0.1, 0.15) is 27.2 Å². The average molecular weight is 319 g/mol. The molecule has 0 aliphatic carbocycles. The molecule has 0 spiro atoms. The van der Waals surface area contributed by atoms with Gasteiger partial charge in [-0.1, -0.05) is 32.0 Å². The third-order valence-electron chi connectivity index (χ3n) is 4.45. The summed E-state index contributed by atoms with van der Waals surface area (Å²) in [6.07, 6.45) is 0.699. The molecule has 1 aliphatic rings. The number of nitrogens with two attached hydrogens (primary N) is 1. The van der Waals surface area contributed by atoms with Crippen LogP contribution in [0.4, 0.5) is 5.69 Å². The van der Waals surface area contributed by atoms with E-state index >= 15 is 0 Å². The van der Waals surface area contributed by atoms with E-state index in [1.54, 1.807) is 0 Å². The van der Waals surface area contributed by atoms with Crippen molar-refractivity contribution >= 4 is 11.6 Å². The zero-order valence-electron chi connectivity index (χ0n) is 14.5. The Morgan fingerprint density at radius 2 is 1.91 bits per heavy atom. The Hall–Kier alpha value is -1.59. The highest BCUT2D eigenvalue weighted by Crippen LogP contribution is 2.33. The number of likely N-dealkylation sites (N-methyl/N-ethyl adjacent to an activating group) is 1. The van der Waals surface area contributed by atoms with Gasteiger partial charge in [-0.2, -0.15) is 0 Å². The molecule has 0 aromatic heterocycles. The maximum absolute atomic E-state index is 12.7. The first kappa shape index (κ1) is 17.8. The molecular weight excluding hydrogens is 290 g/mol. The summed E-state index contributed by atoms with van der Waals surface area (Å²) in [5.74, 6) is 0.0712. The molecule has 1 atom stereocenters. The summed E-state index contributed by atoms with van der Waals surface area (Å²) in [5, 5.41) is 0. The summed E-state index contributed by atoms with van der Waals surface area (Å²) in [4.78, 5) is 17.1. The third kappa shape index (κ3) is 3.67. The first-order valence-corrected chi connectivity index (χ1v) is 8.47.